The summed E-state index contributed by atoms with van der Waals surface area (Å²) in [6, 6.07) is 26.2. The van der Waals surface area contributed by atoms with Gasteiger partial charge in [0.25, 0.3) is 0 Å². The number of aromatic hydroxyl groups is 1. The summed E-state index contributed by atoms with van der Waals surface area (Å²) in [6.45, 7) is 14.7. The fourth-order valence-corrected chi connectivity index (χ4v) is 16.1. The van der Waals surface area contributed by atoms with Gasteiger partial charge in [-0.1, -0.05) is 241 Å². The molecule has 0 spiro atoms. The van der Waals surface area contributed by atoms with Crippen molar-refractivity contribution >= 4 is 87.7 Å². The summed E-state index contributed by atoms with van der Waals surface area (Å²) < 4.78 is 0. The van der Waals surface area contributed by atoms with Gasteiger partial charge in [0.1, 0.15) is 11.5 Å². The average molecular weight is 1720 g/mol. The third-order valence-corrected chi connectivity index (χ3v) is 24.0. The van der Waals surface area contributed by atoms with Crippen LogP contribution in [0.2, 0.25) is 0 Å². The van der Waals surface area contributed by atoms with E-state index in [1.165, 1.54) is 108 Å². The lowest BCUT2D eigenvalue weighted by atomic mass is 9.83. The number of hydrogen-bond acceptors (Lipinski definition) is 18. The molecule has 676 valence electrons. The highest BCUT2D eigenvalue weighted by Crippen LogP contribution is 2.28. The van der Waals surface area contributed by atoms with E-state index in [0.717, 1.165) is 36.8 Å². The number of Topliss-reactive ketones (excluding diaryl/α,β-unsaturated/α-hetero) is 7. The molecule has 0 unspecified atom stereocenters. The van der Waals surface area contributed by atoms with Gasteiger partial charge in [0.05, 0.1) is 61.7 Å². The number of carbonyl (C=O) groups excluding carboxylic acids is 13. The lowest BCUT2D eigenvalue weighted by Gasteiger charge is -2.29. The molecule has 0 saturated carbocycles. The van der Waals surface area contributed by atoms with Crippen LogP contribution < -0.4 is 31.9 Å². The molecular weight excluding hydrogens is 1580 g/mol. The van der Waals surface area contributed by atoms with E-state index in [-0.39, 0.29) is 113 Å². The van der Waals surface area contributed by atoms with Gasteiger partial charge in [0.15, 0.2) is 34.7 Å². The number of rotatable bonds is 66. The van der Waals surface area contributed by atoms with Crippen LogP contribution in [0, 0.1) is 53.3 Å². The number of benzene rings is 4. The zero-order chi connectivity index (χ0) is 90.2. The molecular formula is C98H142N8O16S. The number of aromatic nitrogens is 2. The number of H-pyrrole nitrogens is 1. The van der Waals surface area contributed by atoms with Crippen LogP contribution in [0.1, 0.15) is 251 Å². The Kier molecular flexibility index (Phi) is 49.1. The fraction of sp³-hybridized carbons (Fsp3) is 0.592. The topological polar surface area (TPSA) is 383 Å². The van der Waals surface area contributed by atoms with Crippen LogP contribution in [0.15, 0.2) is 128 Å². The maximum absolute atomic E-state index is 15.1. The van der Waals surface area contributed by atoms with Gasteiger partial charge in [0, 0.05) is 92.8 Å². The molecule has 0 fully saturated rings. The Balaban J connectivity index is 1.30. The Hall–Kier alpha value is -9.33. The van der Waals surface area contributed by atoms with E-state index >= 15 is 9.59 Å². The zero-order valence-electron chi connectivity index (χ0n) is 74.6. The number of aliphatic hydroxyl groups excluding tert-OH is 2. The second kappa shape index (κ2) is 58.0. The summed E-state index contributed by atoms with van der Waals surface area (Å²) in [4.78, 5) is 194. The molecule has 0 bridgehead atoms. The maximum atomic E-state index is 15.1. The van der Waals surface area contributed by atoms with Crippen LogP contribution in [0.4, 0.5) is 0 Å². The zero-order valence-corrected chi connectivity index (χ0v) is 75.4. The first-order chi connectivity index (χ1) is 58.9. The molecule has 24 nitrogen and oxygen atoms in total. The predicted molar refractivity (Wildman–Crippen MR) is 482 cm³/mol. The summed E-state index contributed by atoms with van der Waals surface area (Å²) in [5, 5.41) is 48.4. The Labute approximate surface area is 734 Å². The lowest BCUT2D eigenvalue weighted by Crippen LogP contribution is -2.50. The Morgan fingerprint density at radius 1 is 0.407 bits per heavy atom. The molecule has 5 rings (SSSR count). The van der Waals surface area contributed by atoms with Crippen LogP contribution in [0.25, 0.3) is 0 Å². The van der Waals surface area contributed by atoms with E-state index in [1.54, 1.807) is 104 Å². The highest BCUT2D eigenvalue weighted by Gasteiger charge is 2.39. The van der Waals surface area contributed by atoms with Crippen LogP contribution in [-0.2, 0) is 94.4 Å². The molecule has 0 aliphatic heterocycles. The van der Waals surface area contributed by atoms with E-state index in [4.69, 9.17) is 0 Å². The van der Waals surface area contributed by atoms with Crippen molar-refractivity contribution in [2.75, 3.05) is 25.2 Å². The summed E-state index contributed by atoms with van der Waals surface area (Å²) in [7, 11) is 0. The quantitative estimate of drug-likeness (QED) is 0.0162. The Bertz CT molecular complexity index is 4030. The van der Waals surface area contributed by atoms with Gasteiger partial charge in [-0.25, -0.2) is 4.98 Å². The minimum atomic E-state index is -1.43. The molecule has 25 heteroatoms. The number of ketones is 7. The van der Waals surface area contributed by atoms with Crippen molar-refractivity contribution in [3.05, 3.63) is 156 Å². The van der Waals surface area contributed by atoms with Crippen molar-refractivity contribution in [2.45, 2.75) is 291 Å². The summed E-state index contributed by atoms with van der Waals surface area (Å²) >= 11 is 1.44. The number of thioether (sulfide) groups is 1. The number of amides is 6. The molecule has 1 heterocycles. The SMILES string of the molecule is CCCCCCCCCCCCCCCCC(=O)N[C@@H](Cc1ccc(O)cc1)C(=O)C[C@@H](CC(C)C)C(=O)N[C@@H](Cc1cnc[nH]1)C(=O)C[C@@H](CO)C(=O)N[C@@H](CC(C)C)C(=O)C[C@H](C(=O)N[C@@H](Cc1ccccc1)C(=O)C[C@@H](CCSC)C(=O)N[C@@H](C)C(=O)C[C@@H](Cc1ccccc1)C(=O)N[C@@H](Cc1ccccc1)C(=O)C[C@@H](CO)C(C)=O)[C@@H](C)CC. The number of imidazole rings is 1. The first-order valence-electron chi connectivity index (χ1n) is 45.0. The van der Waals surface area contributed by atoms with E-state index in [2.05, 4.69) is 48.8 Å². The van der Waals surface area contributed by atoms with E-state index in [1.807, 2.05) is 46.9 Å². The van der Waals surface area contributed by atoms with Gasteiger partial charge >= 0.3 is 0 Å². The van der Waals surface area contributed by atoms with E-state index in [9.17, 15) is 68.1 Å². The number of aliphatic hydroxyl groups is 2. The van der Waals surface area contributed by atoms with Gasteiger partial charge in [-0.05, 0) is 129 Å². The summed E-state index contributed by atoms with van der Waals surface area (Å²) in [5.41, 5.74) is 3.26. The molecule has 0 saturated heterocycles. The van der Waals surface area contributed by atoms with Crippen molar-refractivity contribution in [1.29, 1.82) is 0 Å². The number of nitrogens with one attached hydrogen (secondary N) is 7. The average Bonchev–Trinajstić information content (AvgIpc) is 1.65. The van der Waals surface area contributed by atoms with Crippen molar-refractivity contribution in [3.63, 3.8) is 0 Å². The Morgan fingerprint density at radius 3 is 1.27 bits per heavy atom. The standard InChI is InChI=1S/C98H142N8O16S/c1-11-13-14-15-16-17-18-19-20-21-22-23-24-34-41-93(117)102-83(53-73-42-44-80(110)45-43-73)89(113)56-75(48-65(3)4)95(119)105-86(59-79-61-99-64-100-79)91(115)58-78(63-108)97(121)103-82(49-66(5)6)92(116)60-81(67(7)12-2)98(122)106-85(52-72-39-32-27-33-40-72)88(112)54-74(46-47-123-10)94(118)101-68(8)87(111)55-76(50-70-35-28-25-29-36-70)96(120)104-84(51-71-37-30-26-31-38-71)90(114)57-77(62-107)69(9)109/h25-33,35-40,42-45,61,64-68,74-78,81-86,107-108,110H,11-24,34,41,46-60,62-63H2,1-10H3,(H,99,100)(H,101,118)(H,102,117)(H,103,121)(H,104,120)(H,105,119)(H,106,122)/t67-,68-,74+,75+,76+,77-,78-,81-,82-,83-,84-,85-,86-/m0/s1. The molecule has 10 N–H and O–H groups in total. The van der Waals surface area contributed by atoms with Crippen LogP contribution >= 0.6 is 11.8 Å². The van der Waals surface area contributed by atoms with Gasteiger partial charge in [0.2, 0.25) is 35.4 Å². The second-order valence-corrected chi connectivity index (χ2v) is 35.7. The number of nitrogens with zero attached hydrogens (tertiary/aromatic N) is 1. The Morgan fingerprint density at radius 2 is 0.805 bits per heavy atom. The van der Waals surface area contributed by atoms with Crippen molar-refractivity contribution in [3.8, 4) is 5.75 Å². The van der Waals surface area contributed by atoms with E-state index < -0.39 is 168 Å². The van der Waals surface area contributed by atoms with Gasteiger partial charge in [-0.2, -0.15) is 11.8 Å². The van der Waals surface area contributed by atoms with Crippen molar-refractivity contribution < 1.29 is 77.6 Å². The minimum absolute atomic E-state index is 0.00165. The van der Waals surface area contributed by atoms with Gasteiger partial charge < -0.3 is 52.2 Å². The van der Waals surface area contributed by atoms with Crippen LogP contribution in [0.3, 0.4) is 0 Å². The first-order valence-corrected chi connectivity index (χ1v) is 46.4. The van der Waals surface area contributed by atoms with Crippen LogP contribution in [0.5, 0.6) is 5.75 Å². The lowest BCUT2D eigenvalue weighted by molar-refractivity contribution is -0.137. The second-order valence-electron chi connectivity index (χ2n) is 34.7. The number of aromatic amines is 1. The number of hydrogen-bond donors (Lipinski definition) is 10. The van der Waals surface area contributed by atoms with Crippen molar-refractivity contribution in [2.24, 2.45) is 53.3 Å². The molecule has 4 aromatic carbocycles. The highest BCUT2D eigenvalue weighted by molar-refractivity contribution is 7.98. The molecule has 0 radical (unpaired) electrons. The number of carbonyl (C=O) groups is 13. The fourth-order valence-electron chi connectivity index (χ4n) is 15.5. The summed E-state index contributed by atoms with van der Waals surface area (Å²) in [6.07, 6.45) is 19.9. The molecule has 0 aliphatic carbocycles. The number of unbranched alkanes of at least 4 members (excludes halogenated alkanes) is 13. The number of phenols is 1. The third kappa shape index (κ3) is 40.0. The minimum Gasteiger partial charge on any atom is -0.508 e. The number of phenolic OH excluding ortho intramolecular Hbond substituents is 1. The molecule has 123 heavy (non-hydrogen) atoms. The smallest absolute Gasteiger partial charge is 0.226 e. The maximum Gasteiger partial charge on any atom is 0.226 e. The van der Waals surface area contributed by atoms with E-state index in [0.29, 0.717) is 35.4 Å². The highest BCUT2D eigenvalue weighted by atomic mass is 32.2. The summed E-state index contributed by atoms with van der Waals surface area (Å²) in [5.74, 6) is -13.8. The van der Waals surface area contributed by atoms with Gasteiger partial charge in [-0.3, -0.25) is 62.3 Å². The monoisotopic (exact) mass is 1720 g/mol. The molecule has 6 amide bonds. The third-order valence-electron chi connectivity index (χ3n) is 23.3. The normalized spacial score (nSPS) is 14.7. The molecule has 13 atom stereocenters. The molecule has 0 aliphatic rings. The molecule has 5 aromatic rings. The molecule has 1 aromatic heterocycles. The van der Waals surface area contributed by atoms with Crippen LogP contribution in [-0.4, -0.2) is 163 Å². The van der Waals surface area contributed by atoms with Crippen molar-refractivity contribution in [1.82, 2.24) is 41.9 Å². The predicted octanol–water partition coefficient (Wildman–Crippen LogP) is 13.3. The first kappa shape index (κ1) is 104. The largest absolute Gasteiger partial charge is 0.508 e. The van der Waals surface area contributed by atoms with Gasteiger partial charge in [-0.15, -0.1) is 0 Å².